The van der Waals surface area contributed by atoms with Gasteiger partial charge in [0, 0.05) is 25.5 Å². The van der Waals surface area contributed by atoms with Gasteiger partial charge in [0.2, 0.25) is 5.91 Å². The van der Waals surface area contributed by atoms with Crippen molar-refractivity contribution in [3.63, 3.8) is 0 Å². The van der Waals surface area contributed by atoms with Crippen molar-refractivity contribution in [2.45, 2.75) is 85.9 Å². The number of nitriles is 1. The van der Waals surface area contributed by atoms with Gasteiger partial charge < -0.3 is 14.8 Å². The molecule has 2 aliphatic heterocycles. The minimum absolute atomic E-state index is 0.114. The largest absolute Gasteiger partial charge is 0.417 e. The Hall–Kier alpha value is -2.75. The number of allylic oxidation sites excluding steroid dienone is 1. The fraction of sp³-hybridized carbons (Fsp3) is 0.607. The second kappa shape index (κ2) is 10.9. The molecule has 1 unspecified atom stereocenters. The zero-order valence-corrected chi connectivity index (χ0v) is 23.0. The number of nitrogens with one attached hydrogen (secondary N) is 1. The number of aliphatic imine (C=N–C) groups is 1. The van der Waals surface area contributed by atoms with Crippen molar-refractivity contribution in [3.8, 4) is 6.07 Å². The van der Waals surface area contributed by atoms with E-state index in [1.54, 1.807) is 13.0 Å². The number of benzene rings is 1. The van der Waals surface area contributed by atoms with Gasteiger partial charge >= 0.3 is 6.18 Å². The van der Waals surface area contributed by atoms with Gasteiger partial charge in [-0.3, -0.25) is 9.79 Å². The Morgan fingerprint density at radius 1 is 1.23 bits per heavy atom. The Morgan fingerprint density at radius 3 is 2.58 bits per heavy atom. The van der Waals surface area contributed by atoms with Crippen molar-refractivity contribution in [3.05, 3.63) is 35.4 Å². The summed E-state index contributed by atoms with van der Waals surface area (Å²) < 4.78 is 82.0. The molecule has 40 heavy (non-hydrogen) atoms. The average Bonchev–Trinajstić information content (AvgIpc) is 3.56. The molecule has 0 radical (unpaired) electrons. The van der Waals surface area contributed by atoms with E-state index < -0.39 is 55.2 Å². The average molecular weight is 580 g/mol. The van der Waals surface area contributed by atoms with Crippen molar-refractivity contribution in [2.24, 2.45) is 10.9 Å². The quantitative estimate of drug-likeness (QED) is 0.516. The van der Waals surface area contributed by atoms with Crippen LogP contribution in [0.1, 0.15) is 63.0 Å². The first kappa shape index (κ1) is 28.8. The van der Waals surface area contributed by atoms with E-state index in [9.17, 15) is 31.6 Å². The summed E-state index contributed by atoms with van der Waals surface area (Å²) in [4.78, 5) is 16.7. The number of amides is 1. The van der Waals surface area contributed by atoms with E-state index in [1.807, 2.05) is 0 Å². The van der Waals surface area contributed by atoms with Crippen LogP contribution in [-0.4, -0.2) is 62.8 Å². The zero-order valence-electron chi connectivity index (χ0n) is 22.2. The van der Waals surface area contributed by atoms with Crippen LogP contribution in [0.5, 0.6) is 0 Å². The topological polar surface area (TPSA) is 118 Å². The third-order valence-electron chi connectivity index (χ3n) is 8.19. The number of alkyl halides is 3. The highest BCUT2D eigenvalue weighted by Crippen LogP contribution is 2.43. The Labute approximate surface area is 231 Å². The standard InChI is InChI=1S/C28H32F3N3O5S/c1-17-12-19(4-9-33-17)18-2-3-25(23(13-18)28(29,30)31)40(36,37)21-14-22(26(35)34-27(16-32)7-8-27)24(15-21)39-20-5-10-38-11-6-20/h2-3,12-13,20-22,24H,4-11,14-15H2,1H3,(H,34,35)/t21?,22-,24-/m1/s1. The fourth-order valence-corrected chi connectivity index (χ4v) is 7.74. The van der Waals surface area contributed by atoms with Gasteiger partial charge in [0.25, 0.3) is 0 Å². The number of carbonyl (C=O) groups is 1. The molecule has 1 aromatic rings. The lowest BCUT2D eigenvalue weighted by atomic mass is 9.97. The lowest BCUT2D eigenvalue weighted by Crippen LogP contribution is -2.43. The maximum atomic E-state index is 14.3. The molecule has 3 fully saturated rings. The van der Waals surface area contributed by atoms with Gasteiger partial charge in [-0.1, -0.05) is 6.07 Å². The van der Waals surface area contributed by atoms with Gasteiger partial charge in [-0.2, -0.15) is 18.4 Å². The highest BCUT2D eigenvalue weighted by molar-refractivity contribution is 7.92. The Kier molecular flexibility index (Phi) is 7.85. The van der Waals surface area contributed by atoms with Crippen LogP contribution < -0.4 is 5.32 Å². The van der Waals surface area contributed by atoms with Crippen LogP contribution in [0.3, 0.4) is 0 Å². The number of rotatable bonds is 7. The summed E-state index contributed by atoms with van der Waals surface area (Å²) in [6.07, 6.45) is -1.96. The van der Waals surface area contributed by atoms with Crippen molar-refractivity contribution in [1.82, 2.24) is 5.32 Å². The summed E-state index contributed by atoms with van der Waals surface area (Å²) in [5, 5.41) is 10.9. The normalized spacial score (nSPS) is 26.9. The van der Waals surface area contributed by atoms with Crippen molar-refractivity contribution >= 4 is 27.0 Å². The van der Waals surface area contributed by atoms with E-state index >= 15 is 0 Å². The van der Waals surface area contributed by atoms with E-state index in [1.165, 1.54) is 6.07 Å². The maximum absolute atomic E-state index is 14.3. The monoisotopic (exact) mass is 579 g/mol. The number of dihydropyridines is 1. The van der Waals surface area contributed by atoms with Crippen LogP contribution in [0.2, 0.25) is 0 Å². The van der Waals surface area contributed by atoms with Gasteiger partial charge in [0.15, 0.2) is 9.84 Å². The highest BCUT2D eigenvalue weighted by Gasteiger charge is 2.51. The van der Waals surface area contributed by atoms with Gasteiger partial charge in [-0.15, -0.1) is 0 Å². The van der Waals surface area contributed by atoms with Crippen molar-refractivity contribution < 1.29 is 35.9 Å². The van der Waals surface area contributed by atoms with E-state index in [0.29, 0.717) is 68.7 Å². The van der Waals surface area contributed by atoms with E-state index in [0.717, 1.165) is 12.1 Å². The molecule has 2 saturated carbocycles. The fourth-order valence-electron chi connectivity index (χ4n) is 5.74. The van der Waals surface area contributed by atoms with E-state index in [2.05, 4.69) is 16.4 Å². The third-order valence-corrected chi connectivity index (χ3v) is 10.4. The minimum atomic E-state index is -4.91. The van der Waals surface area contributed by atoms with Crippen LogP contribution in [0, 0.1) is 17.2 Å². The molecule has 0 aromatic heterocycles. The number of nitrogens with zero attached hydrogens (tertiary/aromatic N) is 2. The van der Waals surface area contributed by atoms with Gasteiger partial charge in [0.1, 0.15) is 5.54 Å². The van der Waals surface area contributed by atoms with Gasteiger partial charge in [-0.25, -0.2) is 8.42 Å². The SMILES string of the molecule is CC1=NCCC(c2ccc(S(=O)(=O)C3C[C@@H](OC4CCOCC4)[C@H](C(=O)NC4(C#N)CC4)C3)c(C(F)(F)F)c2)=C1. The smallest absolute Gasteiger partial charge is 0.381 e. The lowest BCUT2D eigenvalue weighted by Gasteiger charge is -2.28. The molecule has 2 aliphatic carbocycles. The number of carbonyl (C=O) groups excluding carboxylic acids is 1. The molecular formula is C28H32F3N3O5S. The summed E-state index contributed by atoms with van der Waals surface area (Å²) in [7, 11) is -4.50. The molecule has 1 N–H and O–H groups in total. The second-order valence-corrected chi connectivity index (χ2v) is 13.3. The molecule has 0 bridgehead atoms. The van der Waals surface area contributed by atoms with Crippen molar-refractivity contribution in [2.75, 3.05) is 19.8 Å². The number of hydrogen-bond donors (Lipinski definition) is 1. The summed E-state index contributed by atoms with van der Waals surface area (Å²) in [5.74, 6) is -1.40. The minimum Gasteiger partial charge on any atom is -0.381 e. The molecule has 2 heterocycles. The molecule has 5 rings (SSSR count). The molecule has 1 aromatic carbocycles. The first-order valence-corrected chi connectivity index (χ1v) is 15.1. The summed E-state index contributed by atoms with van der Waals surface area (Å²) in [6.45, 7) is 3.15. The molecule has 0 spiro atoms. The van der Waals surface area contributed by atoms with Crippen LogP contribution >= 0.6 is 0 Å². The lowest BCUT2D eigenvalue weighted by molar-refractivity contribution is -0.140. The zero-order chi connectivity index (χ0) is 28.7. The van der Waals surface area contributed by atoms with Crippen LogP contribution in [0.15, 0.2) is 34.2 Å². The Bertz CT molecular complexity index is 1370. The predicted molar refractivity (Wildman–Crippen MR) is 140 cm³/mol. The Morgan fingerprint density at radius 2 is 1.95 bits per heavy atom. The maximum Gasteiger partial charge on any atom is 0.417 e. The molecule has 1 saturated heterocycles. The van der Waals surface area contributed by atoms with Crippen molar-refractivity contribution in [1.29, 1.82) is 5.26 Å². The highest BCUT2D eigenvalue weighted by atomic mass is 32.2. The molecule has 12 heteroatoms. The molecule has 4 aliphatic rings. The first-order valence-electron chi connectivity index (χ1n) is 13.6. The summed E-state index contributed by atoms with van der Waals surface area (Å²) in [5.41, 5.74) is -0.524. The number of halogens is 3. The van der Waals surface area contributed by atoms with Crippen LogP contribution in [0.4, 0.5) is 13.2 Å². The van der Waals surface area contributed by atoms with Gasteiger partial charge in [0.05, 0.1) is 39.9 Å². The van der Waals surface area contributed by atoms with E-state index in [4.69, 9.17) is 9.47 Å². The number of hydrogen-bond acceptors (Lipinski definition) is 7. The van der Waals surface area contributed by atoms with Crippen LogP contribution in [0.25, 0.3) is 5.57 Å². The number of ether oxygens (including phenoxy) is 2. The van der Waals surface area contributed by atoms with Crippen LogP contribution in [-0.2, 0) is 30.3 Å². The van der Waals surface area contributed by atoms with Gasteiger partial charge in [-0.05, 0) is 81.2 Å². The Balaban J connectivity index is 1.45. The second-order valence-electron chi connectivity index (χ2n) is 11.1. The number of sulfone groups is 1. The molecular weight excluding hydrogens is 547 g/mol. The summed E-state index contributed by atoms with van der Waals surface area (Å²) in [6, 6.07) is 5.43. The third kappa shape index (κ3) is 5.97. The molecule has 216 valence electrons. The molecule has 8 nitrogen and oxygen atoms in total. The predicted octanol–water partition coefficient (Wildman–Crippen LogP) is 4.24. The summed E-state index contributed by atoms with van der Waals surface area (Å²) >= 11 is 0. The first-order chi connectivity index (χ1) is 18.9. The van der Waals surface area contributed by atoms with E-state index in [-0.39, 0.29) is 18.9 Å². The molecule has 3 atom stereocenters. The molecule has 1 amide bonds.